The van der Waals surface area contributed by atoms with Crippen molar-refractivity contribution in [2.24, 2.45) is 0 Å². The van der Waals surface area contributed by atoms with E-state index >= 15 is 0 Å². The SMILES string of the molecule is Cc1ccc(NC(=O)CC2CNCCO2)cc1-n1cnnn1.Cl. The van der Waals surface area contributed by atoms with Gasteiger partial charge < -0.3 is 15.4 Å². The Labute approximate surface area is 140 Å². The van der Waals surface area contributed by atoms with Crippen molar-refractivity contribution in [3.05, 3.63) is 30.1 Å². The monoisotopic (exact) mass is 338 g/mol. The van der Waals surface area contributed by atoms with Crippen LogP contribution in [0.3, 0.4) is 0 Å². The molecule has 124 valence electrons. The summed E-state index contributed by atoms with van der Waals surface area (Å²) in [5.41, 5.74) is 2.56. The molecular formula is C14H19ClN6O2. The number of carbonyl (C=O) groups is 1. The van der Waals surface area contributed by atoms with Crippen molar-refractivity contribution in [2.45, 2.75) is 19.4 Å². The van der Waals surface area contributed by atoms with E-state index in [1.165, 1.54) is 6.33 Å². The molecule has 0 saturated carbocycles. The van der Waals surface area contributed by atoms with E-state index in [1.807, 2.05) is 25.1 Å². The topological polar surface area (TPSA) is 94.0 Å². The van der Waals surface area contributed by atoms with Crippen molar-refractivity contribution >= 4 is 24.0 Å². The Hall–Kier alpha value is -2.03. The lowest BCUT2D eigenvalue weighted by atomic mass is 10.1. The van der Waals surface area contributed by atoms with Gasteiger partial charge in [-0.3, -0.25) is 4.79 Å². The number of morpholine rings is 1. The quantitative estimate of drug-likeness (QED) is 0.852. The zero-order valence-electron chi connectivity index (χ0n) is 12.7. The van der Waals surface area contributed by atoms with Gasteiger partial charge in [0.2, 0.25) is 5.91 Å². The lowest BCUT2D eigenvalue weighted by Crippen LogP contribution is -2.40. The van der Waals surface area contributed by atoms with E-state index in [-0.39, 0.29) is 24.4 Å². The zero-order valence-corrected chi connectivity index (χ0v) is 13.5. The highest BCUT2D eigenvalue weighted by Crippen LogP contribution is 2.18. The molecule has 1 aromatic carbocycles. The number of hydrogen-bond donors (Lipinski definition) is 2. The summed E-state index contributed by atoms with van der Waals surface area (Å²) < 4.78 is 7.10. The summed E-state index contributed by atoms with van der Waals surface area (Å²) in [4.78, 5) is 12.1. The Kier molecular flexibility index (Phi) is 6.03. The molecule has 2 aromatic rings. The fraction of sp³-hybridized carbons (Fsp3) is 0.429. The number of halogens is 1. The zero-order chi connectivity index (χ0) is 15.4. The van der Waals surface area contributed by atoms with Crippen LogP contribution in [0.15, 0.2) is 24.5 Å². The molecule has 0 aliphatic carbocycles. The number of aryl methyl sites for hydroxylation is 1. The average molecular weight is 339 g/mol. The molecular weight excluding hydrogens is 320 g/mol. The minimum atomic E-state index is -0.0711. The van der Waals surface area contributed by atoms with Crippen LogP contribution < -0.4 is 10.6 Å². The molecule has 1 amide bonds. The standard InChI is InChI=1S/C14H18N6O2.ClH/c1-10-2-3-11(6-13(10)20-9-16-18-19-20)17-14(21)7-12-8-15-4-5-22-12;/h2-3,6,9,12,15H,4-5,7-8H2,1H3,(H,17,21);1H. The number of aromatic nitrogens is 4. The number of anilines is 1. The third-order valence-corrected chi connectivity index (χ3v) is 3.51. The molecule has 8 nitrogen and oxygen atoms in total. The molecule has 1 fully saturated rings. The van der Waals surface area contributed by atoms with E-state index in [1.54, 1.807) is 4.68 Å². The number of rotatable bonds is 4. The summed E-state index contributed by atoms with van der Waals surface area (Å²) in [5.74, 6) is -0.0692. The Morgan fingerprint density at radius 2 is 2.39 bits per heavy atom. The number of ether oxygens (including phenoxy) is 1. The van der Waals surface area contributed by atoms with E-state index in [0.717, 1.165) is 17.8 Å². The maximum Gasteiger partial charge on any atom is 0.227 e. The highest BCUT2D eigenvalue weighted by atomic mass is 35.5. The number of carbonyl (C=O) groups excluding carboxylic acids is 1. The summed E-state index contributed by atoms with van der Waals surface area (Å²) in [5, 5.41) is 17.2. The molecule has 23 heavy (non-hydrogen) atoms. The van der Waals surface area contributed by atoms with Crippen LogP contribution in [-0.2, 0) is 9.53 Å². The van der Waals surface area contributed by atoms with Crippen molar-refractivity contribution in [3.8, 4) is 5.69 Å². The summed E-state index contributed by atoms with van der Waals surface area (Å²) in [7, 11) is 0. The van der Waals surface area contributed by atoms with E-state index < -0.39 is 0 Å². The van der Waals surface area contributed by atoms with Gasteiger partial charge in [-0.25, -0.2) is 4.68 Å². The molecule has 1 aromatic heterocycles. The summed E-state index contributed by atoms with van der Waals surface area (Å²) in [6.07, 6.45) is 1.79. The number of tetrazole rings is 1. The van der Waals surface area contributed by atoms with E-state index in [2.05, 4.69) is 26.2 Å². The molecule has 1 atom stereocenters. The highest BCUT2D eigenvalue weighted by Gasteiger charge is 2.17. The summed E-state index contributed by atoms with van der Waals surface area (Å²) in [6.45, 7) is 4.15. The third-order valence-electron chi connectivity index (χ3n) is 3.51. The first-order chi connectivity index (χ1) is 10.7. The van der Waals surface area contributed by atoms with Gasteiger partial charge in [-0.15, -0.1) is 17.5 Å². The maximum absolute atomic E-state index is 12.1. The van der Waals surface area contributed by atoms with Crippen LogP contribution in [0, 0.1) is 6.92 Å². The van der Waals surface area contributed by atoms with Crippen molar-refractivity contribution in [2.75, 3.05) is 25.0 Å². The number of benzene rings is 1. The van der Waals surface area contributed by atoms with E-state index in [9.17, 15) is 4.79 Å². The lowest BCUT2D eigenvalue weighted by molar-refractivity contribution is -0.119. The molecule has 1 unspecified atom stereocenters. The van der Waals surface area contributed by atoms with Crippen molar-refractivity contribution in [1.82, 2.24) is 25.5 Å². The normalized spacial score (nSPS) is 17.3. The molecule has 1 saturated heterocycles. The smallest absolute Gasteiger partial charge is 0.227 e. The Morgan fingerprint density at radius 3 is 3.09 bits per heavy atom. The Morgan fingerprint density at radius 1 is 1.52 bits per heavy atom. The second-order valence-corrected chi connectivity index (χ2v) is 5.20. The van der Waals surface area contributed by atoms with Crippen LogP contribution in [0.25, 0.3) is 5.69 Å². The first-order valence-electron chi connectivity index (χ1n) is 7.18. The van der Waals surface area contributed by atoms with Gasteiger partial charge in [-0.1, -0.05) is 6.07 Å². The molecule has 0 bridgehead atoms. The van der Waals surface area contributed by atoms with Gasteiger partial charge in [0.25, 0.3) is 0 Å². The molecule has 1 aliphatic heterocycles. The third kappa shape index (κ3) is 4.47. The number of amides is 1. The lowest BCUT2D eigenvalue weighted by Gasteiger charge is -2.23. The maximum atomic E-state index is 12.1. The largest absolute Gasteiger partial charge is 0.375 e. The van der Waals surface area contributed by atoms with Gasteiger partial charge in [-0.05, 0) is 35.0 Å². The number of nitrogens with one attached hydrogen (secondary N) is 2. The number of nitrogens with zero attached hydrogens (tertiary/aromatic N) is 4. The van der Waals surface area contributed by atoms with Crippen LogP contribution in [0.4, 0.5) is 5.69 Å². The molecule has 9 heteroatoms. The van der Waals surface area contributed by atoms with Gasteiger partial charge >= 0.3 is 0 Å². The van der Waals surface area contributed by atoms with E-state index in [0.29, 0.717) is 25.3 Å². The predicted molar refractivity (Wildman–Crippen MR) is 87.0 cm³/mol. The van der Waals surface area contributed by atoms with Crippen LogP contribution in [0.2, 0.25) is 0 Å². The fourth-order valence-corrected chi connectivity index (χ4v) is 2.38. The van der Waals surface area contributed by atoms with Crippen LogP contribution in [-0.4, -0.2) is 51.9 Å². The predicted octanol–water partition coefficient (Wildman–Crippen LogP) is 0.710. The number of hydrogen-bond acceptors (Lipinski definition) is 6. The van der Waals surface area contributed by atoms with Gasteiger partial charge in [0, 0.05) is 18.8 Å². The van der Waals surface area contributed by atoms with Gasteiger partial charge in [-0.2, -0.15) is 0 Å². The molecule has 0 spiro atoms. The second kappa shape index (κ2) is 8.00. The first-order valence-corrected chi connectivity index (χ1v) is 7.18. The summed E-state index contributed by atoms with van der Waals surface area (Å²) >= 11 is 0. The van der Waals surface area contributed by atoms with Crippen LogP contribution in [0.5, 0.6) is 0 Å². The van der Waals surface area contributed by atoms with Gasteiger partial charge in [0.1, 0.15) is 6.33 Å². The molecule has 2 heterocycles. The summed E-state index contributed by atoms with van der Waals surface area (Å²) in [6, 6.07) is 5.63. The minimum absolute atomic E-state index is 0. The van der Waals surface area contributed by atoms with Gasteiger partial charge in [0.15, 0.2) is 0 Å². The van der Waals surface area contributed by atoms with Gasteiger partial charge in [0.05, 0.1) is 24.8 Å². The molecule has 3 rings (SSSR count). The second-order valence-electron chi connectivity index (χ2n) is 5.20. The van der Waals surface area contributed by atoms with Crippen molar-refractivity contribution in [3.63, 3.8) is 0 Å². The van der Waals surface area contributed by atoms with Crippen LogP contribution >= 0.6 is 12.4 Å². The van der Waals surface area contributed by atoms with Crippen molar-refractivity contribution in [1.29, 1.82) is 0 Å². The Balaban J connectivity index is 0.00000192. The minimum Gasteiger partial charge on any atom is -0.375 e. The van der Waals surface area contributed by atoms with Crippen molar-refractivity contribution < 1.29 is 9.53 Å². The highest BCUT2D eigenvalue weighted by molar-refractivity contribution is 5.91. The fourth-order valence-electron chi connectivity index (χ4n) is 2.38. The molecule has 2 N–H and O–H groups in total. The van der Waals surface area contributed by atoms with Crippen LogP contribution in [0.1, 0.15) is 12.0 Å². The molecule has 1 aliphatic rings. The molecule has 0 radical (unpaired) electrons. The Bertz CT molecular complexity index is 643. The first kappa shape index (κ1) is 17.3. The average Bonchev–Trinajstić information content (AvgIpc) is 3.04. The van der Waals surface area contributed by atoms with E-state index in [4.69, 9.17) is 4.74 Å².